The zero-order valence-electron chi connectivity index (χ0n) is 15.8. The highest BCUT2D eigenvalue weighted by atomic mass is 16.4. The predicted octanol–water partition coefficient (Wildman–Crippen LogP) is 2.75. The summed E-state index contributed by atoms with van der Waals surface area (Å²) in [5.41, 5.74) is 1.04. The molecule has 6 nitrogen and oxygen atoms in total. The number of carbonyl (C=O) groups is 3. The van der Waals surface area contributed by atoms with Crippen molar-refractivity contribution in [1.82, 2.24) is 10.2 Å². The van der Waals surface area contributed by atoms with Crippen molar-refractivity contribution in [3.8, 4) is 0 Å². The number of carboxylic acids is 1. The number of nitrogens with zero attached hydrogens (tertiary/aromatic N) is 1. The molecular formula is C21H28N2O4. The van der Waals surface area contributed by atoms with Crippen LogP contribution in [0.15, 0.2) is 30.3 Å². The summed E-state index contributed by atoms with van der Waals surface area (Å²) in [6.45, 7) is 2.35. The lowest BCUT2D eigenvalue weighted by Gasteiger charge is -2.26. The average molecular weight is 372 g/mol. The molecule has 1 aromatic carbocycles. The monoisotopic (exact) mass is 372 g/mol. The number of rotatable bonds is 5. The number of likely N-dealkylation sites (tertiary alicyclic amines) is 1. The SMILES string of the molecule is C[C@H](c1ccccc1)N1C[C@H](C(=O)N[C@H]2CCCCC[C@@H]2C(=O)O)CC1=O. The molecule has 1 aromatic rings. The van der Waals surface area contributed by atoms with Gasteiger partial charge in [-0.05, 0) is 25.3 Å². The van der Waals surface area contributed by atoms with Crippen LogP contribution in [0.2, 0.25) is 0 Å². The molecule has 0 spiro atoms. The fraction of sp³-hybridized carbons (Fsp3) is 0.571. The first kappa shape index (κ1) is 19.4. The Hall–Kier alpha value is -2.37. The minimum absolute atomic E-state index is 0.0258. The number of amides is 2. The van der Waals surface area contributed by atoms with Crippen LogP contribution in [0.5, 0.6) is 0 Å². The highest BCUT2D eigenvalue weighted by Gasteiger charge is 2.39. The van der Waals surface area contributed by atoms with E-state index >= 15 is 0 Å². The number of benzene rings is 1. The van der Waals surface area contributed by atoms with Crippen molar-refractivity contribution in [1.29, 1.82) is 0 Å². The van der Waals surface area contributed by atoms with Crippen LogP contribution in [0, 0.1) is 11.8 Å². The van der Waals surface area contributed by atoms with Gasteiger partial charge in [-0.2, -0.15) is 0 Å². The number of hydrogen-bond donors (Lipinski definition) is 2. The molecule has 2 aliphatic rings. The molecular weight excluding hydrogens is 344 g/mol. The van der Waals surface area contributed by atoms with Crippen LogP contribution in [-0.2, 0) is 14.4 Å². The topological polar surface area (TPSA) is 86.7 Å². The number of carbonyl (C=O) groups excluding carboxylic acids is 2. The molecule has 1 heterocycles. The van der Waals surface area contributed by atoms with E-state index in [1.165, 1.54) is 0 Å². The maximum atomic E-state index is 12.8. The van der Waals surface area contributed by atoms with Gasteiger partial charge in [0.15, 0.2) is 0 Å². The number of aliphatic carboxylic acids is 1. The lowest BCUT2D eigenvalue weighted by molar-refractivity contribution is -0.143. The summed E-state index contributed by atoms with van der Waals surface area (Å²) in [6.07, 6.45) is 4.28. The van der Waals surface area contributed by atoms with E-state index < -0.39 is 17.8 Å². The van der Waals surface area contributed by atoms with Gasteiger partial charge in [-0.1, -0.05) is 49.6 Å². The standard InChI is InChI=1S/C21H28N2O4/c1-14(15-8-4-2-5-9-15)23-13-16(12-19(23)24)20(25)22-18-11-7-3-6-10-17(18)21(26)27/h2,4-5,8-9,14,16-18H,3,6-7,10-13H2,1H3,(H,22,25)(H,26,27)/t14-,16-,17+,18+/m1/s1. The Bertz CT molecular complexity index is 691. The molecule has 0 bridgehead atoms. The van der Waals surface area contributed by atoms with Gasteiger partial charge in [0.1, 0.15) is 0 Å². The largest absolute Gasteiger partial charge is 0.481 e. The summed E-state index contributed by atoms with van der Waals surface area (Å²) in [6, 6.07) is 9.35. The summed E-state index contributed by atoms with van der Waals surface area (Å²) in [5.74, 6) is -2.01. The Morgan fingerprint density at radius 1 is 1.15 bits per heavy atom. The first-order valence-corrected chi connectivity index (χ1v) is 9.85. The zero-order valence-corrected chi connectivity index (χ0v) is 15.8. The third-order valence-electron chi connectivity index (χ3n) is 5.94. The lowest BCUT2D eigenvalue weighted by Crippen LogP contribution is -2.45. The van der Waals surface area contributed by atoms with Crippen LogP contribution < -0.4 is 5.32 Å². The first-order chi connectivity index (χ1) is 13.0. The van der Waals surface area contributed by atoms with Crippen LogP contribution >= 0.6 is 0 Å². The van der Waals surface area contributed by atoms with Crippen LogP contribution in [0.1, 0.15) is 57.1 Å². The van der Waals surface area contributed by atoms with E-state index in [4.69, 9.17) is 0 Å². The van der Waals surface area contributed by atoms with E-state index in [1.54, 1.807) is 4.90 Å². The van der Waals surface area contributed by atoms with Gasteiger partial charge >= 0.3 is 5.97 Å². The van der Waals surface area contributed by atoms with Gasteiger partial charge < -0.3 is 15.3 Å². The molecule has 3 rings (SSSR count). The fourth-order valence-electron chi connectivity index (χ4n) is 4.27. The van der Waals surface area contributed by atoms with Gasteiger partial charge in [0, 0.05) is 19.0 Å². The summed E-state index contributed by atoms with van der Waals surface area (Å²) in [5, 5.41) is 12.4. The molecule has 2 N–H and O–H groups in total. The molecule has 146 valence electrons. The minimum atomic E-state index is -0.843. The Kier molecular flexibility index (Phi) is 6.14. The molecule has 1 saturated heterocycles. The number of carboxylic acid groups (broad SMARTS) is 1. The van der Waals surface area contributed by atoms with E-state index in [9.17, 15) is 19.5 Å². The fourth-order valence-corrected chi connectivity index (χ4v) is 4.27. The van der Waals surface area contributed by atoms with Crippen LogP contribution in [0.25, 0.3) is 0 Å². The van der Waals surface area contributed by atoms with E-state index in [0.717, 1.165) is 24.8 Å². The molecule has 27 heavy (non-hydrogen) atoms. The molecule has 0 aromatic heterocycles. The molecule has 1 aliphatic carbocycles. The van der Waals surface area contributed by atoms with Crippen molar-refractivity contribution in [2.45, 2.75) is 57.5 Å². The summed E-state index contributed by atoms with van der Waals surface area (Å²) in [7, 11) is 0. The normalized spacial score (nSPS) is 27.1. The quantitative estimate of drug-likeness (QED) is 0.778. The van der Waals surface area contributed by atoms with Gasteiger partial charge in [0.25, 0.3) is 0 Å². The Labute approximate surface area is 159 Å². The van der Waals surface area contributed by atoms with Gasteiger partial charge in [-0.3, -0.25) is 14.4 Å². The van der Waals surface area contributed by atoms with Crippen molar-refractivity contribution >= 4 is 17.8 Å². The van der Waals surface area contributed by atoms with Crippen molar-refractivity contribution in [3.63, 3.8) is 0 Å². The molecule has 2 fully saturated rings. The van der Waals surface area contributed by atoms with E-state index in [2.05, 4.69) is 5.32 Å². The second-order valence-electron chi connectivity index (χ2n) is 7.73. The highest BCUT2D eigenvalue weighted by molar-refractivity contribution is 5.89. The second-order valence-corrected chi connectivity index (χ2v) is 7.73. The highest BCUT2D eigenvalue weighted by Crippen LogP contribution is 2.29. The van der Waals surface area contributed by atoms with Gasteiger partial charge in [-0.25, -0.2) is 0 Å². The molecule has 2 amide bonds. The van der Waals surface area contributed by atoms with Crippen molar-refractivity contribution in [2.24, 2.45) is 11.8 Å². The molecule has 4 atom stereocenters. The Balaban J connectivity index is 1.64. The average Bonchev–Trinajstić information content (AvgIpc) is 2.90. The molecule has 1 aliphatic heterocycles. The van der Waals surface area contributed by atoms with Gasteiger partial charge in [0.05, 0.1) is 17.9 Å². The lowest BCUT2D eigenvalue weighted by atomic mass is 9.94. The zero-order chi connectivity index (χ0) is 19.4. The maximum Gasteiger partial charge on any atom is 0.308 e. The third kappa shape index (κ3) is 4.49. The molecule has 6 heteroatoms. The summed E-state index contributed by atoms with van der Waals surface area (Å²) >= 11 is 0. The number of nitrogens with one attached hydrogen (secondary N) is 1. The third-order valence-corrected chi connectivity index (χ3v) is 5.94. The van der Waals surface area contributed by atoms with Gasteiger partial charge in [0.2, 0.25) is 11.8 Å². The van der Waals surface area contributed by atoms with E-state index in [-0.39, 0.29) is 30.3 Å². The molecule has 1 saturated carbocycles. The maximum absolute atomic E-state index is 12.8. The van der Waals surface area contributed by atoms with Crippen molar-refractivity contribution in [3.05, 3.63) is 35.9 Å². The van der Waals surface area contributed by atoms with Crippen LogP contribution in [-0.4, -0.2) is 40.4 Å². The van der Waals surface area contributed by atoms with E-state index in [0.29, 0.717) is 19.4 Å². The Morgan fingerprint density at radius 3 is 2.56 bits per heavy atom. The van der Waals surface area contributed by atoms with Gasteiger partial charge in [-0.15, -0.1) is 0 Å². The molecule has 0 unspecified atom stereocenters. The molecule has 0 radical (unpaired) electrons. The smallest absolute Gasteiger partial charge is 0.308 e. The van der Waals surface area contributed by atoms with Crippen LogP contribution in [0.4, 0.5) is 0 Å². The van der Waals surface area contributed by atoms with E-state index in [1.807, 2.05) is 37.3 Å². The predicted molar refractivity (Wildman–Crippen MR) is 101 cm³/mol. The summed E-state index contributed by atoms with van der Waals surface area (Å²) in [4.78, 5) is 38.5. The minimum Gasteiger partial charge on any atom is -0.481 e. The second kappa shape index (κ2) is 8.55. The number of hydrogen-bond acceptors (Lipinski definition) is 3. The van der Waals surface area contributed by atoms with Crippen molar-refractivity contribution in [2.75, 3.05) is 6.54 Å². The van der Waals surface area contributed by atoms with Crippen LogP contribution in [0.3, 0.4) is 0 Å². The Morgan fingerprint density at radius 2 is 1.85 bits per heavy atom. The van der Waals surface area contributed by atoms with Crippen molar-refractivity contribution < 1.29 is 19.5 Å². The first-order valence-electron chi connectivity index (χ1n) is 9.85. The summed E-state index contributed by atoms with van der Waals surface area (Å²) < 4.78 is 0.